The highest BCUT2D eigenvalue weighted by atomic mass is 32.2. The van der Waals surface area contributed by atoms with Gasteiger partial charge < -0.3 is 5.32 Å². The van der Waals surface area contributed by atoms with E-state index in [1.807, 2.05) is 0 Å². The summed E-state index contributed by atoms with van der Waals surface area (Å²) >= 11 is 0. The predicted octanol–water partition coefficient (Wildman–Crippen LogP) is 2.78. The topological polar surface area (TPSA) is 66.5 Å². The highest BCUT2D eigenvalue weighted by molar-refractivity contribution is 7.89. The van der Waals surface area contributed by atoms with Crippen LogP contribution in [0.4, 0.5) is 4.39 Å². The van der Waals surface area contributed by atoms with Gasteiger partial charge in [-0.05, 0) is 61.4 Å². The van der Waals surface area contributed by atoms with Gasteiger partial charge in [0.15, 0.2) is 0 Å². The second kappa shape index (κ2) is 9.00. The van der Waals surface area contributed by atoms with E-state index >= 15 is 0 Å². The molecule has 2 aromatic rings. The van der Waals surface area contributed by atoms with E-state index < -0.39 is 10.0 Å². The van der Waals surface area contributed by atoms with Gasteiger partial charge in [0.1, 0.15) is 5.82 Å². The minimum absolute atomic E-state index is 0.129. The van der Waals surface area contributed by atoms with Crippen LogP contribution in [0, 0.1) is 17.7 Å². The van der Waals surface area contributed by atoms with Crippen LogP contribution in [-0.2, 0) is 10.0 Å². The first-order valence-electron chi connectivity index (χ1n) is 9.10. The number of piperidine rings is 1. The van der Waals surface area contributed by atoms with Gasteiger partial charge in [-0.15, -0.1) is 0 Å². The molecule has 0 bridgehead atoms. The van der Waals surface area contributed by atoms with Gasteiger partial charge in [-0.1, -0.05) is 18.3 Å². The Morgan fingerprint density at radius 2 is 1.64 bits per heavy atom. The van der Waals surface area contributed by atoms with Crippen molar-refractivity contribution in [3.8, 4) is 11.8 Å². The summed E-state index contributed by atoms with van der Waals surface area (Å²) in [5.74, 6) is 4.95. The zero-order valence-electron chi connectivity index (χ0n) is 15.3. The number of benzene rings is 2. The first-order valence-corrected chi connectivity index (χ1v) is 10.5. The zero-order chi connectivity index (χ0) is 20.0. The smallest absolute Gasteiger partial charge is 0.252 e. The summed E-state index contributed by atoms with van der Waals surface area (Å²) in [5.41, 5.74) is 1.02. The molecule has 0 saturated carbocycles. The molecule has 5 nitrogen and oxygen atoms in total. The molecule has 28 heavy (non-hydrogen) atoms. The van der Waals surface area contributed by atoms with E-state index in [-0.39, 0.29) is 23.2 Å². The van der Waals surface area contributed by atoms with Crippen LogP contribution in [0.1, 0.15) is 35.2 Å². The van der Waals surface area contributed by atoms with Gasteiger partial charge in [0.25, 0.3) is 5.91 Å². The summed E-state index contributed by atoms with van der Waals surface area (Å²) in [4.78, 5) is 12.4. The average Bonchev–Trinajstić information content (AvgIpc) is 2.73. The van der Waals surface area contributed by atoms with Crippen LogP contribution in [-0.4, -0.2) is 38.3 Å². The second-order valence-corrected chi connectivity index (χ2v) is 8.42. The van der Waals surface area contributed by atoms with Crippen molar-refractivity contribution in [1.29, 1.82) is 0 Å². The summed E-state index contributed by atoms with van der Waals surface area (Å²) in [6, 6.07) is 11.7. The van der Waals surface area contributed by atoms with Crippen molar-refractivity contribution in [2.24, 2.45) is 0 Å². The van der Waals surface area contributed by atoms with Crippen molar-refractivity contribution in [2.75, 3.05) is 19.6 Å². The Bertz CT molecular complexity index is 985. The molecule has 0 spiro atoms. The molecule has 7 heteroatoms. The van der Waals surface area contributed by atoms with Crippen molar-refractivity contribution in [2.45, 2.75) is 24.2 Å². The monoisotopic (exact) mass is 400 g/mol. The number of sulfonamides is 1. The SMILES string of the molecule is O=C(NCC#Cc1ccc(F)cc1)c1ccc(S(=O)(=O)N2CCCCC2)cc1. The van der Waals surface area contributed by atoms with E-state index in [2.05, 4.69) is 17.2 Å². The summed E-state index contributed by atoms with van der Waals surface area (Å²) in [7, 11) is -3.51. The molecule has 1 aliphatic heterocycles. The summed E-state index contributed by atoms with van der Waals surface area (Å²) in [5, 5.41) is 2.66. The molecular weight excluding hydrogens is 379 g/mol. The lowest BCUT2D eigenvalue weighted by Gasteiger charge is -2.25. The summed E-state index contributed by atoms with van der Waals surface area (Å²) in [6.45, 7) is 1.21. The minimum Gasteiger partial charge on any atom is -0.341 e. The van der Waals surface area contributed by atoms with Gasteiger partial charge in [0, 0.05) is 24.2 Å². The molecule has 1 saturated heterocycles. The number of halogens is 1. The van der Waals surface area contributed by atoms with Crippen LogP contribution in [0.2, 0.25) is 0 Å². The molecule has 0 radical (unpaired) electrons. The fraction of sp³-hybridized carbons (Fsp3) is 0.286. The van der Waals surface area contributed by atoms with E-state index in [9.17, 15) is 17.6 Å². The predicted molar refractivity (Wildman–Crippen MR) is 105 cm³/mol. The third-order valence-electron chi connectivity index (χ3n) is 4.48. The number of hydrogen-bond donors (Lipinski definition) is 1. The maximum absolute atomic E-state index is 12.8. The molecule has 0 unspecified atom stereocenters. The fourth-order valence-electron chi connectivity index (χ4n) is 2.94. The maximum atomic E-state index is 12.8. The average molecular weight is 400 g/mol. The molecule has 146 valence electrons. The van der Waals surface area contributed by atoms with Crippen molar-refractivity contribution >= 4 is 15.9 Å². The molecule has 1 aliphatic rings. The normalized spacial score (nSPS) is 14.8. The number of carbonyl (C=O) groups is 1. The quantitative estimate of drug-likeness (QED) is 0.803. The van der Waals surface area contributed by atoms with E-state index in [0.717, 1.165) is 19.3 Å². The third kappa shape index (κ3) is 4.97. The molecule has 0 aromatic heterocycles. The molecule has 1 heterocycles. The van der Waals surface area contributed by atoms with Crippen LogP contribution in [0.5, 0.6) is 0 Å². The number of nitrogens with one attached hydrogen (secondary N) is 1. The second-order valence-electron chi connectivity index (χ2n) is 6.48. The lowest BCUT2D eigenvalue weighted by atomic mass is 10.2. The van der Waals surface area contributed by atoms with Crippen LogP contribution >= 0.6 is 0 Å². The molecule has 1 N–H and O–H groups in total. The largest absolute Gasteiger partial charge is 0.341 e. The molecule has 1 fully saturated rings. The Morgan fingerprint density at radius 3 is 2.29 bits per heavy atom. The molecule has 0 aliphatic carbocycles. The Labute approximate surface area is 164 Å². The zero-order valence-corrected chi connectivity index (χ0v) is 16.1. The summed E-state index contributed by atoms with van der Waals surface area (Å²) < 4.78 is 39.6. The van der Waals surface area contributed by atoms with Crippen molar-refractivity contribution in [1.82, 2.24) is 9.62 Å². The van der Waals surface area contributed by atoms with Gasteiger partial charge in [-0.25, -0.2) is 12.8 Å². The molecular formula is C21H21FN2O3S. The number of hydrogen-bond acceptors (Lipinski definition) is 3. The molecule has 2 aromatic carbocycles. The number of amides is 1. The Balaban J connectivity index is 1.58. The third-order valence-corrected chi connectivity index (χ3v) is 6.40. The number of rotatable bonds is 4. The van der Waals surface area contributed by atoms with Crippen molar-refractivity contribution in [3.05, 3.63) is 65.5 Å². The number of carbonyl (C=O) groups excluding carboxylic acids is 1. The van der Waals surface area contributed by atoms with E-state index in [4.69, 9.17) is 0 Å². The Hall–Kier alpha value is -2.69. The van der Waals surface area contributed by atoms with E-state index in [1.54, 1.807) is 12.1 Å². The first kappa shape index (κ1) is 20.1. The fourth-order valence-corrected chi connectivity index (χ4v) is 4.46. The molecule has 1 amide bonds. The molecule has 3 rings (SSSR count). The van der Waals surface area contributed by atoms with Gasteiger partial charge in [-0.3, -0.25) is 4.79 Å². The summed E-state index contributed by atoms with van der Waals surface area (Å²) in [6.07, 6.45) is 2.80. The van der Waals surface area contributed by atoms with Crippen LogP contribution < -0.4 is 5.32 Å². The lowest BCUT2D eigenvalue weighted by molar-refractivity contribution is 0.0958. The van der Waals surface area contributed by atoms with Crippen LogP contribution in [0.3, 0.4) is 0 Å². The van der Waals surface area contributed by atoms with Crippen LogP contribution in [0.25, 0.3) is 0 Å². The van der Waals surface area contributed by atoms with Gasteiger partial charge in [0.05, 0.1) is 11.4 Å². The maximum Gasteiger partial charge on any atom is 0.252 e. The first-order chi connectivity index (χ1) is 13.5. The lowest BCUT2D eigenvalue weighted by Crippen LogP contribution is -2.35. The Morgan fingerprint density at radius 1 is 1.00 bits per heavy atom. The number of nitrogens with zero attached hydrogens (tertiary/aromatic N) is 1. The highest BCUT2D eigenvalue weighted by Gasteiger charge is 2.25. The van der Waals surface area contributed by atoms with Crippen LogP contribution in [0.15, 0.2) is 53.4 Å². The standard InChI is InChI=1S/C21H21FN2O3S/c22-19-10-6-17(7-11-19)5-4-14-23-21(25)18-8-12-20(13-9-18)28(26,27)24-15-2-1-3-16-24/h6-13H,1-3,14-16H2,(H,23,25). The van der Waals surface area contributed by atoms with Gasteiger partial charge >= 0.3 is 0 Å². The highest BCUT2D eigenvalue weighted by Crippen LogP contribution is 2.20. The van der Waals surface area contributed by atoms with Crippen molar-refractivity contribution in [3.63, 3.8) is 0 Å². The van der Waals surface area contributed by atoms with E-state index in [0.29, 0.717) is 24.2 Å². The Kier molecular flexibility index (Phi) is 6.45. The van der Waals surface area contributed by atoms with Crippen molar-refractivity contribution < 1.29 is 17.6 Å². The van der Waals surface area contributed by atoms with Gasteiger partial charge in [-0.2, -0.15) is 4.31 Å². The molecule has 0 atom stereocenters. The van der Waals surface area contributed by atoms with E-state index in [1.165, 1.54) is 40.7 Å². The van der Waals surface area contributed by atoms with Gasteiger partial charge in [0.2, 0.25) is 10.0 Å². The minimum atomic E-state index is -3.51.